The summed E-state index contributed by atoms with van der Waals surface area (Å²) >= 11 is 6.22. The number of methoxy groups -OCH3 is 1. The van der Waals surface area contributed by atoms with E-state index >= 15 is 0 Å². The molecule has 0 spiro atoms. The van der Waals surface area contributed by atoms with Crippen LogP contribution < -0.4 is 9.04 Å². The second-order valence-corrected chi connectivity index (χ2v) is 9.20. The molecule has 0 aliphatic rings. The predicted molar refractivity (Wildman–Crippen MR) is 114 cm³/mol. The lowest BCUT2D eigenvalue weighted by molar-refractivity contribution is 0.103. The Morgan fingerprint density at radius 1 is 1.14 bits per heavy atom. The molecule has 0 aliphatic heterocycles. The summed E-state index contributed by atoms with van der Waals surface area (Å²) in [5.41, 5.74) is 1.20. The highest BCUT2D eigenvalue weighted by atomic mass is 35.5. The number of sulfonamides is 1. The van der Waals surface area contributed by atoms with Gasteiger partial charge in [-0.3, -0.25) is 9.10 Å². The third-order valence-corrected chi connectivity index (χ3v) is 7.23. The van der Waals surface area contributed by atoms with Gasteiger partial charge in [0.2, 0.25) is 10.0 Å². The molecule has 0 aliphatic carbocycles. The summed E-state index contributed by atoms with van der Waals surface area (Å²) in [6, 6.07) is 14.8. The topological polar surface area (TPSA) is 79.5 Å². The maximum Gasteiger partial charge on any atom is 0.242 e. The van der Waals surface area contributed by atoms with Crippen LogP contribution in [-0.2, 0) is 10.0 Å². The van der Waals surface area contributed by atoms with Gasteiger partial charge in [0.1, 0.15) is 16.8 Å². The first-order chi connectivity index (χ1) is 13.8. The predicted octanol–water partition coefficient (Wildman–Crippen LogP) is 4.43. The van der Waals surface area contributed by atoms with Gasteiger partial charge < -0.3 is 9.72 Å². The van der Waals surface area contributed by atoms with Crippen molar-refractivity contribution in [2.75, 3.05) is 18.5 Å². The number of aromatic amines is 1. The molecule has 8 heteroatoms. The minimum absolute atomic E-state index is 0.270. The zero-order valence-electron chi connectivity index (χ0n) is 16.2. The van der Waals surface area contributed by atoms with Gasteiger partial charge in [0.25, 0.3) is 0 Å². The van der Waals surface area contributed by atoms with Crippen molar-refractivity contribution in [3.63, 3.8) is 0 Å². The van der Waals surface area contributed by atoms with Crippen molar-refractivity contribution in [3.05, 3.63) is 82.5 Å². The molecule has 29 heavy (non-hydrogen) atoms. The van der Waals surface area contributed by atoms with Gasteiger partial charge in [-0.2, -0.15) is 0 Å². The number of nitrogens with one attached hydrogen (secondary N) is 1. The smallest absolute Gasteiger partial charge is 0.242 e. The first-order valence-electron chi connectivity index (χ1n) is 8.85. The number of rotatable bonds is 7. The standard InChI is InChI=1S/C21H21ClN2O4S/c1-14(29(26,27)24(2)20-8-5-11-23-20)15-6-4-7-16(12-15)21(25)18-10-9-17(28-3)13-19(18)22/h4-14,23H,1-3H3. The minimum Gasteiger partial charge on any atom is -0.497 e. The second-order valence-electron chi connectivity index (χ2n) is 6.51. The van der Waals surface area contributed by atoms with Gasteiger partial charge in [-0.15, -0.1) is 0 Å². The summed E-state index contributed by atoms with van der Waals surface area (Å²) in [6.07, 6.45) is 1.66. The average Bonchev–Trinajstić information content (AvgIpc) is 3.26. The van der Waals surface area contributed by atoms with E-state index in [1.165, 1.54) is 18.5 Å². The number of hydrogen-bond donors (Lipinski definition) is 1. The lowest BCUT2D eigenvalue weighted by Gasteiger charge is -2.23. The van der Waals surface area contributed by atoms with E-state index in [1.54, 1.807) is 67.7 Å². The molecular weight excluding hydrogens is 412 g/mol. The fourth-order valence-corrected chi connectivity index (χ4v) is 4.57. The zero-order chi connectivity index (χ0) is 21.2. The Balaban J connectivity index is 1.92. The number of nitrogens with zero attached hydrogens (tertiary/aromatic N) is 1. The van der Waals surface area contributed by atoms with E-state index in [-0.39, 0.29) is 10.8 Å². The number of aromatic nitrogens is 1. The Hall–Kier alpha value is -2.77. The SMILES string of the molecule is COc1ccc(C(=O)c2cccc(C(C)S(=O)(=O)N(C)c3ccc[nH]3)c2)c(Cl)c1. The first-order valence-corrected chi connectivity index (χ1v) is 10.7. The molecule has 1 aromatic heterocycles. The molecule has 0 amide bonds. The lowest BCUT2D eigenvalue weighted by atomic mass is 10.0. The van der Waals surface area contributed by atoms with Gasteiger partial charge in [-0.05, 0) is 48.9 Å². The van der Waals surface area contributed by atoms with Crippen LogP contribution in [0.3, 0.4) is 0 Å². The molecule has 0 fully saturated rings. The van der Waals surface area contributed by atoms with Gasteiger partial charge in [-0.25, -0.2) is 8.42 Å². The number of carbonyl (C=O) groups is 1. The highest BCUT2D eigenvalue weighted by Crippen LogP contribution is 2.29. The summed E-state index contributed by atoms with van der Waals surface area (Å²) in [6.45, 7) is 1.60. The van der Waals surface area contributed by atoms with E-state index in [1.807, 2.05) is 0 Å². The number of halogens is 1. The molecule has 2 aromatic carbocycles. The molecule has 1 N–H and O–H groups in total. The van der Waals surface area contributed by atoms with Crippen LogP contribution in [0, 0.1) is 0 Å². The van der Waals surface area contributed by atoms with Crippen molar-refractivity contribution >= 4 is 33.2 Å². The van der Waals surface area contributed by atoms with Crippen molar-refractivity contribution in [1.82, 2.24) is 4.98 Å². The summed E-state index contributed by atoms with van der Waals surface area (Å²) < 4.78 is 32.3. The second kappa shape index (κ2) is 8.31. The van der Waals surface area contributed by atoms with Crippen molar-refractivity contribution in [2.45, 2.75) is 12.2 Å². The Labute approximate surface area is 175 Å². The fourth-order valence-electron chi connectivity index (χ4n) is 2.96. The molecule has 0 saturated heterocycles. The molecule has 3 aromatic rings. The summed E-state index contributed by atoms with van der Waals surface area (Å²) in [5, 5.41) is -0.582. The number of carbonyl (C=O) groups excluding carboxylic acids is 1. The molecule has 6 nitrogen and oxygen atoms in total. The van der Waals surface area contributed by atoms with Crippen LogP contribution in [0.2, 0.25) is 5.02 Å². The fraction of sp³-hybridized carbons (Fsp3) is 0.190. The van der Waals surface area contributed by atoms with E-state index < -0.39 is 15.3 Å². The van der Waals surface area contributed by atoms with Crippen LogP contribution in [0.1, 0.15) is 33.7 Å². The van der Waals surface area contributed by atoms with Crippen LogP contribution in [0.15, 0.2) is 60.8 Å². The highest BCUT2D eigenvalue weighted by Gasteiger charge is 2.29. The lowest BCUT2D eigenvalue weighted by Crippen LogP contribution is -2.30. The van der Waals surface area contributed by atoms with Crippen molar-refractivity contribution in [1.29, 1.82) is 0 Å². The maximum atomic E-state index is 13.0. The molecule has 1 atom stereocenters. The van der Waals surface area contributed by atoms with Gasteiger partial charge in [0.05, 0.1) is 12.1 Å². The van der Waals surface area contributed by atoms with Gasteiger partial charge in [-0.1, -0.05) is 29.8 Å². The first kappa shape index (κ1) is 21.0. The molecule has 1 heterocycles. The van der Waals surface area contributed by atoms with Crippen LogP contribution >= 0.6 is 11.6 Å². The number of hydrogen-bond acceptors (Lipinski definition) is 4. The monoisotopic (exact) mass is 432 g/mol. The van der Waals surface area contributed by atoms with Crippen LogP contribution in [-0.4, -0.2) is 33.3 Å². The quantitative estimate of drug-likeness (QED) is 0.560. The van der Waals surface area contributed by atoms with Crippen LogP contribution in [0.4, 0.5) is 5.82 Å². The molecular formula is C21H21ClN2O4S. The Morgan fingerprint density at radius 2 is 1.90 bits per heavy atom. The summed E-state index contributed by atoms with van der Waals surface area (Å²) in [4.78, 5) is 15.8. The third kappa shape index (κ3) is 4.16. The maximum absolute atomic E-state index is 13.0. The molecule has 0 radical (unpaired) electrons. The molecule has 1 unspecified atom stereocenters. The van der Waals surface area contributed by atoms with E-state index in [9.17, 15) is 13.2 Å². The molecule has 152 valence electrons. The van der Waals surface area contributed by atoms with E-state index in [4.69, 9.17) is 16.3 Å². The van der Waals surface area contributed by atoms with Gasteiger partial charge in [0, 0.05) is 24.4 Å². The number of anilines is 1. The summed E-state index contributed by atoms with van der Waals surface area (Å²) in [7, 11) is -0.685. The Bertz CT molecular complexity index is 1130. The highest BCUT2D eigenvalue weighted by molar-refractivity contribution is 7.93. The van der Waals surface area contributed by atoms with Gasteiger partial charge >= 0.3 is 0 Å². The van der Waals surface area contributed by atoms with E-state index in [0.29, 0.717) is 28.3 Å². The third-order valence-electron chi connectivity index (χ3n) is 4.79. The van der Waals surface area contributed by atoms with E-state index in [2.05, 4.69) is 4.98 Å². The van der Waals surface area contributed by atoms with Crippen molar-refractivity contribution in [2.24, 2.45) is 0 Å². The minimum atomic E-state index is -3.69. The van der Waals surface area contributed by atoms with Crippen LogP contribution in [0.25, 0.3) is 0 Å². The molecule has 3 rings (SSSR count). The van der Waals surface area contributed by atoms with Crippen molar-refractivity contribution < 1.29 is 17.9 Å². The molecule has 0 saturated carbocycles. The average molecular weight is 433 g/mol. The Kier molecular flexibility index (Phi) is 6.00. The molecule has 0 bridgehead atoms. The number of benzene rings is 2. The summed E-state index contributed by atoms with van der Waals surface area (Å²) in [5.74, 6) is 0.725. The number of H-pyrrole nitrogens is 1. The largest absolute Gasteiger partial charge is 0.497 e. The van der Waals surface area contributed by atoms with Gasteiger partial charge in [0.15, 0.2) is 5.78 Å². The van der Waals surface area contributed by atoms with E-state index in [0.717, 1.165) is 0 Å². The number of ketones is 1. The zero-order valence-corrected chi connectivity index (χ0v) is 17.8. The van der Waals surface area contributed by atoms with Crippen LogP contribution in [0.5, 0.6) is 5.75 Å². The normalized spacial score (nSPS) is 12.4. The van der Waals surface area contributed by atoms with Crippen molar-refractivity contribution in [3.8, 4) is 5.75 Å². The number of ether oxygens (including phenoxy) is 1. The Morgan fingerprint density at radius 3 is 2.52 bits per heavy atom.